The van der Waals surface area contributed by atoms with Gasteiger partial charge in [0.15, 0.2) is 5.16 Å². The SMILES string of the molecule is COc1ccc(N(Cc2cccs2)C(=O)CSc2ncc3ccccn23)cc1. The summed E-state index contributed by atoms with van der Waals surface area (Å²) in [6, 6.07) is 17.6. The zero-order valence-electron chi connectivity index (χ0n) is 15.3. The van der Waals surface area contributed by atoms with Crippen molar-refractivity contribution in [2.45, 2.75) is 11.7 Å². The van der Waals surface area contributed by atoms with Crippen molar-refractivity contribution in [3.05, 3.63) is 77.2 Å². The number of carbonyl (C=O) groups is 1. The summed E-state index contributed by atoms with van der Waals surface area (Å²) in [5.74, 6) is 1.12. The van der Waals surface area contributed by atoms with Crippen molar-refractivity contribution in [1.29, 1.82) is 0 Å². The molecule has 0 unspecified atom stereocenters. The van der Waals surface area contributed by atoms with E-state index in [1.54, 1.807) is 18.4 Å². The Morgan fingerprint density at radius 2 is 2.04 bits per heavy atom. The van der Waals surface area contributed by atoms with Gasteiger partial charge in [0.1, 0.15) is 5.75 Å². The molecule has 0 saturated heterocycles. The van der Waals surface area contributed by atoms with E-state index in [1.165, 1.54) is 11.8 Å². The number of ether oxygens (including phenoxy) is 1. The number of hydrogen-bond acceptors (Lipinski definition) is 5. The number of rotatable bonds is 7. The molecule has 0 N–H and O–H groups in total. The predicted octanol–water partition coefficient (Wildman–Crippen LogP) is 4.73. The summed E-state index contributed by atoms with van der Waals surface area (Å²) >= 11 is 3.09. The molecule has 0 radical (unpaired) electrons. The molecular weight excluding hydrogens is 390 g/mol. The first-order chi connectivity index (χ1) is 13.7. The summed E-state index contributed by atoms with van der Waals surface area (Å²) < 4.78 is 7.23. The van der Waals surface area contributed by atoms with Crippen LogP contribution < -0.4 is 9.64 Å². The first kappa shape index (κ1) is 18.6. The van der Waals surface area contributed by atoms with Crippen molar-refractivity contribution in [2.24, 2.45) is 0 Å². The van der Waals surface area contributed by atoms with Crippen LogP contribution in [0.4, 0.5) is 5.69 Å². The van der Waals surface area contributed by atoms with Gasteiger partial charge in [-0.1, -0.05) is 23.9 Å². The normalized spacial score (nSPS) is 10.9. The number of benzene rings is 1. The highest BCUT2D eigenvalue weighted by Gasteiger charge is 2.18. The number of pyridine rings is 1. The number of hydrogen-bond donors (Lipinski definition) is 0. The van der Waals surface area contributed by atoms with Gasteiger partial charge in [0, 0.05) is 16.8 Å². The van der Waals surface area contributed by atoms with Crippen LogP contribution in [0.1, 0.15) is 4.88 Å². The fourth-order valence-electron chi connectivity index (χ4n) is 2.87. The van der Waals surface area contributed by atoms with Gasteiger partial charge in [-0.2, -0.15) is 0 Å². The molecule has 0 atom stereocenters. The van der Waals surface area contributed by atoms with Crippen LogP contribution in [0.2, 0.25) is 0 Å². The van der Waals surface area contributed by atoms with Crippen LogP contribution in [0, 0.1) is 0 Å². The quantitative estimate of drug-likeness (QED) is 0.414. The Bertz CT molecular complexity index is 1060. The highest BCUT2D eigenvalue weighted by molar-refractivity contribution is 7.99. The third kappa shape index (κ3) is 4.05. The lowest BCUT2D eigenvalue weighted by atomic mass is 10.2. The molecule has 0 aliphatic heterocycles. The van der Waals surface area contributed by atoms with Crippen molar-refractivity contribution in [1.82, 2.24) is 9.38 Å². The molecule has 1 aromatic carbocycles. The zero-order valence-corrected chi connectivity index (χ0v) is 17.0. The van der Waals surface area contributed by atoms with Crippen LogP contribution in [0.25, 0.3) is 5.52 Å². The Kier molecular flexibility index (Phi) is 5.64. The Labute approximate surface area is 171 Å². The minimum Gasteiger partial charge on any atom is -0.497 e. The van der Waals surface area contributed by atoms with Gasteiger partial charge in [-0.25, -0.2) is 4.98 Å². The third-order valence-corrected chi connectivity index (χ3v) is 6.12. The van der Waals surface area contributed by atoms with Crippen LogP contribution in [0.5, 0.6) is 5.75 Å². The topological polar surface area (TPSA) is 46.8 Å². The first-order valence-electron chi connectivity index (χ1n) is 8.76. The molecule has 0 aliphatic rings. The van der Waals surface area contributed by atoms with E-state index < -0.39 is 0 Å². The van der Waals surface area contributed by atoms with Gasteiger partial charge in [0.2, 0.25) is 5.91 Å². The lowest BCUT2D eigenvalue weighted by molar-refractivity contribution is -0.116. The van der Waals surface area contributed by atoms with E-state index in [4.69, 9.17) is 4.74 Å². The largest absolute Gasteiger partial charge is 0.497 e. The number of nitrogens with zero attached hydrogens (tertiary/aromatic N) is 3. The minimum atomic E-state index is 0.0382. The van der Waals surface area contributed by atoms with Crippen LogP contribution in [-0.4, -0.2) is 28.2 Å². The monoisotopic (exact) mass is 409 g/mol. The standard InChI is InChI=1S/C21H19N3O2S2/c1-26-18-9-7-16(8-10-18)24(14-19-6-4-12-27-19)20(25)15-28-21-22-13-17-5-2-3-11-23(17)21/h2-13H,14-15H2,1H3. The molecule has 142 valence electrons. The predicted molar refractivity (Wildman–Crippen MR) is 114 cm³/mol. The first-order valence-corrected chi connectivity index (χ1v) is 10.6. The maximum Gasteiger partial charge on any atom is 0.237 e. The van der Waals surface area contributed by atoms with E-state index in [0.29, 0.717) is 12.3 Å². The molecule has 0 aliphatic carbocycles. The van der Waals surface area contributed by atoms with Gasteiger partial charge >= 0.3 is 0 Å². The maximum absolute atomic E-state index is 13.1. The van der Waals surface area contributed by atoms with Gasteiger partial charge in [0.05, 0.1) is 31.1 Å². The number of fused-ring (bicyclic) bond motifs is 1. The summed E-state index contributed by atoms with van der Waals surface area (Å²) in [5.41, 5.74) is 1.87. The number of anilines is 1. The van der Waals surface area contributed by atoms with Crippen molar-refractivity contribution in [2.75, 3.05) is 17.8 Å². The minimum absolute atomic E-state index is 0.0382. The zero-order chi connectivity index (χ0) is 19.3. The van der Waals surface area contributed by atoms with E-state index in [-0.39, 0.29) is 5.91 Å². The second-order valence-electron chi connectivity index (χ2n) is 6.08. The van der Waals surface area contributed by atoms with Gasteiger partial charge in [-0.15, -0.1) is 11.3 Å². The maximum atomic E-state index is 13.1. The lowest BCUT2D eigenvalue weighted by Crippen LogP contribution is -2.31. The summed E-state index contributed by atoms with van der Waals surface area (Å²) in [4.78, 5) is 20.5. The Morgan fingerprint density at radius 3 is 2.79 bits per heavy atom. The van der Waals surface area contributed by atoms with Crippen molar-refractivity contribution >= 4 is 40.2 Å². The number of carbonyl (C=O) groups excluding carboxylic acids is 1. The molecule has 3 heterocycles. The molecule has 4 rings (SSSR count). The van der Waals surface area contributed by atoms with Crippen LogP contribution in [0.3, 0.4) is 0 Å². The number of methoxy groups -OCH3 is 1. The van der Waals surface area contributed by atoms with Gasteiger partial charge in [0.25, 0.3) is 0 Å². The van der Waals surface area contributed by atoms with Crippen LogP contribution in [0.15, 0.2) is 77.5 Å². The number of thiophene rings is 1. The van der Waals surface area contributed by atoms with Crippen LogP contribution in [-0.2, 0) is 11.3 Å². The molecule has 28 heavy (non-hydrogen) atoms. The van der Waals surface area contributed by atoms with Crippen molar-refractivity contribution < 1.29 is 9.53 Å². The smallest absolute Gasteiger partial charge is 0.237 e. The molecule has 0 fully saturated rings. The Balaban J connectivity index is 1.53. The lowest BCUT2D eigenvalue weighted by Gasteiger charge is -2.22. The fraction of sp³-hybridized carbons (Fsp3) is 0.143. The molecular formula is C21H19N3O2S2. The number of amides is 1. The highest BCUT2D eigenvalue weighted by Crippen LogP contribution is 2.25. The average molecular weight is 410 g/mol. The van der Waals surface area contributed by atoms with Crippen LogP contribution >= 0.6 is 23.1 Å². The van der Waals surface area contributed by atoms with Gasteiger partial charge in [-0.3, -0.25) is 9.20 Å². The van der Waals surface area contributed by atoms with Crippen molar-refractivity contribution in [3.8, 4) is 5.75 Å². The van der Waals surface area contributed by atoms with E-state index in [2.05, 4.69) is 4.98 Å². The summed E-state index contributed by atoms with van der Waals surface area (Å²) in [5, 5.41) is 2.84. The Hall–Kier alpha value is -2.77. The molecule has 4 aromatic rings. The molecule has 1 amide bonds. The fourth-order valence-corrected chi connectivity index (χ4v) is 4.41. The second-order valence-corrected chi connectivity index (χ2v) is 8.06. The highest BCUT2D eigenvalue weighted by atomic mass is 32.2. The summed E-state index contributed by atoms with van der Waals surface area (Å²) in [6.07, 6.45) is 3.78. The van der Waals surface area contributed by atoms with Crippen molar-refractivity contribution in [3.63, 3.8) is 0 Å². The van der Waals surface area contributed by atoms with E-state index in [9.17, 15) is 4.79 Å². The molecule has 0 bridgehead atoms. The molecule has 0 spiro atoms. The summed E-state index contributed by atoms with van der Waals surface area (Å²) in [6.45, 7) is 0.547. The number of thioether (sulfide) groups is 1. The molecule has 0 saturated carbocycles. The van der Waals surface area contributed by atoms with E-state index in [0.717, 1.165) is 27.0 Å². The molecule has 5 nitrogen and oxygen atoms in total. The Morgan fingerprint density at radius 1 is 1.18 bits per heavy atom. The van der Waals surface area contributed by atoms with E-state index >= 15 is 0 Å². The molecule has 7 heteroatoms. The number of aromatic nitrogens is 2. The average Bonchev–Trinajstić information content (AvgIpc) is 3.40. The molecule has 3 aromatic heterocycles. The van der Waals surface area contributed by atoms with E-state index in [1.807, 2.05) is 81.7 Å². The van der Waals surface area contributed by atoms with Gasteiger partial charge in [-0.05, 0) is 47.8 Å². The van der Waals surface area contributed by atoms with Gasteiger partial charge < -0.3 is 9.64 Å². The second kappa shape index (κ2) is 8.50. The third-order valence-electron chi connectivity index (χ3n) is 4.31. The number of imidazole rings is 1. The summed E-state index contributed by atoms with van der Waals surface area (Å²) in [7, 11) is 1.63.